The molecule has 1 saturated heterocycles. The molecule has 0 aromatic carbocycles. The van der Waals surface area contributed by atoms with Crippen LogP contribution < -0.4 is 15.4 Å². The number of nitrogens with zero attached hydrogens (tertiary/aromatic N) is 4. The van der Waals surface area contributed by atoms with E-state index in [-0.39, 0.29) is 11.8 Å². The maximum absolute atomic E-state index is 13.5. The molecule has 166 valence electrons. The lowest BCUT2D eigenvalue weighted by Crippen LogP contribution is -2.39. The van der Waals surface area contributed by atoms with Crippen LogP contribution in [0.3, 0.4) is 0 Å². The van der Waals surface area contributed by atoms with Crippen molar-refractivity contribution in [1.29, 1.82) is 0 Å². The van der Waals surface area contributed by atoms with E-state index in [1.165, 1.54) is 36.2 Å². The van der Waals surface area contributed by atoms with E-state index in [1.54, 1.807) is 6.20 Å². The van der Waals surface area contributed by atoms with Crippen molar-refractivity contribution in [2.24, 2.45) is 0 Å². The van der Waals surface area contributed by atoms with Crippen LogP contribution in [0.25, 0.3) is 17.0 Å². The number of fused-ring (bicyclic) bond motifs is 1. The number of alkyl halides is 3. The third kappa shape index (κ3) is 4.02. The SMILES string of the molecule is COc1cc2ncc(-c3cncc(N[C@@H]4CCCNC4)n3)n2cc1C(C)(O)C(F)(F)F. The van der Waals surface area contributed by atoms with Crippen molar-refractivity contribution in [2.75, 3.05) is 25.5 Å². The summed E-state index contributed by atoms with van der Waals surface area (Å²) in [6.07, 6.45) is 2.95. The molecule has 1 fully saturated rings. The number of imidazole rings is 1. The summed E-state index contributed by atoms with van der Waals surface area (Å²) in [6, 6.07) is 1.57. The third-order valence-electron chi connectivity index (χ3n) is 5.45. The second-order valence-corrected chi connectivity index (χ2v) is 7.67. The maximum Gasteiger partial charge on any atom is 0.421 e. The zero-order chi connectivity index (χ0) is 22.2. The van der Waals surface area contributed by atoms with E-state index in [4.69, 9.17) is 4.74 Å². The van der Waals surface area contributed by atoms with Crippen molar-refractivity contribution < 1.29 is 23.0 Å². The minimum absolute atomic E-state index is 0.113. The molecule has 2 atom stereocenters. The summed E-state index contributed by atoms with van der Waals surface area (Å²) in [5.41, 5.74) is -2.31. The highest BCUT2D eigenvalue weighted by atomic mass is 19.4. The lowest BCUT2D eigenvalue weighted by Gasteiger charge is -2.28. The Morgan fingerprint density at radius 3 is 2.77 bits per heavy atom. The smallest absolute Gasteiger partial charge is 0.421 e. The van der Waals surface area contributed by atoms with Crippen LogP contribution in [0, 0.1) is 0 Å². The third-order valence-corrected chi connectivity index (χ3v) is 5.45. The van der Waals surface area contributed by atoms with Crippen LogP contribution >= 0.6 is 0 Å². The first-order valence-electron chi connectivity index (χ1n) is 9.85. The van der Waals surface area contributed by atoms with Crippen LogP contribution in [-0.4, -0.2) is 56.9 Å². The number of halogens is 3. The van der Waals surface area contributed by atoms with Gasteiger partial charge < -0.3 is 20.5 Å². The van der Waals surface area contributed by atoms with Crippen molar-refractivity contribution in [3.63, 3.8) is 0 Å². The first-order chi connectivity index (χ1) is 14.7. The molecule has 11 heteroatoms. The minimum Gasteiger partial charge on any atom is -0.496 e. The number of aliphatic hydroxyl groups is 1. The molecule has 4 rings (SSSR count). The Bertz CT molecular complexity index is 1080. The number of piperidine rings is 1. The number of aromatic nitrogens is 4. The van der Waals surface area contributed by atoms with Gasteiger partial charge in [-0.1, -0.05) is 0 Å². The van der Waals surface area contributed by atoms with Crippen molar-refractivity contribution in [3.05, 3.63) is 36.4 Å². The molecule has 3 N–H and O–H groups in total. The Hall–Kier alpha value is -2.92. The highest BCUT2D eigenvalue weighted by molar-refractivity contribution is 5.63. The highest BCUT2D eigenvalue weighted by Gasteiger charge is 2.53. The van der Waals surface area contributed by atoms with E-state index in [0.717, 1.165) is 25.9 Å². The molecule has 0 radical (unpaired) electrons. The molecular weight excluding hydrogens is 413 g/mol. The summed E-state index contributed by atoms with van der Waals surface area (Å²) in [7, 11) is 1.24. The molecule has 1 aliphatic heterocycles. The largest absolute Gasteiger partial charge is 0.496 e. The van der Waals surface area contributed by atoms with E-state index in [0.29, 0.717) is 29.8 Å². The number of anilines is 1. The first kappa shape index (κ1) is 21.3. The zero-order valence-corrected chi connectivity index (χ0v) is 17.1. The second-order valence-electron chi connectivity index (χ2n) is 7.67. The van der Waals surface area contributed by atoms with Gasteiger partial charge in [0.1, 0.15) is 22.9 Å². The Labute approximate surface area is 176 Å². The average molecular weight is 436 g/mol. The molecular formula is C20H23F3N6O2. The van der Waals surface area contributed by atoms with Gasteiger partial charge in [0.25, 0.3) is 0 Å². The summed E-state index contributed by atoms with van der Waals surface area (Å²) in [5.74, 6) is 0.454. The molecule has 4 heterocycles. The Balaban J connectivity index is 1.75. The molecule has 1 unspecified atom stereocenters. The van der Waals surface area contributed by atoms with Gasteiger partial charge in [0.2, 0.25) is 0 Å². The monoisotopic (exact) mass is 436 g/mol. The minimum atomic E-state index is -4.90. The van der Waals surface area contributed by atoms with Gasteiger partial charge in [0.05, 0.1) is 37.0 Å². The van der Waals surface area contributed by atoms with E-state index >= 15 is 0 Å². The molecule has 8 nitrogen and oxygen atoms in total. The Kier molecular flexibility index (Phi) is 5.48. The molecule has 0 bridgehead atoms. The molecule has 31 heavy (non-hydrogen) atoms. The fraction of sp³-hybridized carbons (Fsp3) is 0.450. The molecule has 0 spiro atoms. The van der Waals surface area contributed by atoms with Crippen LogP contribution in [0.5, 0.6) is 5.75 Å². The van der Waals surface area contributed by atoms with Gasteiger partial charge in [-0.25, -0.2) is 9.97 Å². The van der Waals surface area contributed by atoms with Crippen molar-refractivity contribution in [3.8, 4) is 17.1 Å². The van der Waals surface area contributed by atoms with E-state index in [1.807, 2.05) is 0 Å². The molecule has 1 aliphatic rings. The van der Waals surface area contributed by atoms with Crippen LogP contribution in [0.4, 0.5) is 19.0 Å². The number of rotatable bonds is 5. The summed E-state index contributed by atoms with van der Waals surface area (Å²) >= 11 is 0. The second kappa shape index (κ2) is 7.97. The Morgan fingerprint density at radius 2 is 2.10 bits per heavy atom. The summed E-state index contributed by atoms with van der Waals surface area (Å²) in [5, 5.41) is 16.9. The fourth-order valence-electron chi connectivity index (χ4n) is 3.63. The van der Waals surface area contributed by atoms with Crippen LogP contribution in [0.2, 0.25) is 0 Å². The van der Waals surface area contributed by atoms with Crippen molar-refractivity contribution >= 4 is 11.5 Å². The van der Waals surface area contributed by atoms with Gasteiger partial charge in [-0.2, -0.15) is 13.2 Å². The molecule has 0 aliphatic carbocycles. The van der Waals surface area contributed by atoms with Gasteiger partial charge in [-0.15, -0.1) is 0 Å². The van der Waals surface area contributed by atoms with Crippen molar-refractivity contribution in [1.82, 2.24) is 24.7 Å². The predicted molar refractivity (Wildman–Crippen MR) is 108 cm³/mol. The fourth-order valence-corrected chi connectivity index (χ4v) is 3.63. The lowest BCUT2D eigenvalue weighted by molar-refractivity contribution is -0.259. The summed E-state index contributed by atoms with van der Waals surface area (Å²) < 4.78 is 47.0. The quantitative estimate of drug-likeness (QED) is 0.566. The average Bonchev–Trinajstić information content (AvgIpc) is 3.16. The number of methoxy groups -OCH3 is 1. The van der Waals surface area contributed by atoms with Gasteiger partial charge in [-0.3, -0.25) is 9.38 Å². The van der Waals surface area contributed by atoms with E-state index in [9.17, 15) is 18.3 Å². The lowest BCUT2D eigenvalue weighted by atomic mass is 9.96. The number of ether oxygens (including phenoxy) is 1. The number of pyridine rings is 1. The van der Waals surface area contributed by atoms with E-state index < -0.39 is 17.3 Å². The van der Waals surface area contributed by atoms with Gasteiger partial charge in [0, 0.05) is 24.8 Å². The van der Waals surface area contributed by atoms with E-state index in [2.05, 4.69) is 25.6 Å². The Morgan fingerprint density at radius 1 is 1.29 bits per heavy atom. The maximum atomic E-state index is 13.5. The molecule has 0 saturated carbocycles. The topological polar surface area (TPSA) is 96.6 Å². The number of nitrogens with one attached hydrogen (secondary N) is 2. The highest BCUT2D eigenvalue weighted by Crippen LogP contribution is 2.43. The zero-order valence-electron chi connectivity index (χ0n) is 17.1. The van der Waals surface area contributed by atoms with Gasteiger partial charge in [-0.05, 0) is 26.3 Å². The molecule has 0 amide bonds. The first-order valence-corrected chi connectivity index (χ1v) is 9.85. The summed E-state index contributed by atoms with van der Waals surface area (Å²) in [6.45, 7) is 2.49. The van der Waals surface area contributed by atoms with Crippen LogP contribution in [0.1, 0.15) is 25.3 Å². The van der Waals surface area contributed by atoms with Crippen LogP contribution in [0.15, 0.2) is 30.9 Å². The van der Waals surface area contributed by atoms with Crippen molar-refractivity contribution in [2.45, 2.75) is 37.6 Å². The standard InChI is InChI=1S/C20H23F3N6O2/c1-19(30,20(21,22)23)13-11-29-15(9-26-18(29)6-16(13)31-2)14-8-25-10-17(28-14)27-12-4-3-5-24-7-12/h6,8-12,24,30H,3-5,7H2,1-2H3,(H,27,28)/t12-,19?/m1/s1. The number of hydrogen-bond acceptors (Lipinski definition) is 7. The number of hydrogen-bond donors (Lipinski definition) is 3. The van der Waals surface area contributed by atoms with Crippen LogP contribution in [-0.2, 0) is 5.60 Å². The van der Waals surface area contributed by atoms with Gasteiger partial charge in [0.15, 0.2) is 5.60 Å². The molecule has 3 aromatic heterocycles. The molecule has 3 aromatic rings. The predicted octanol–water partition coefficient (Wildman–Crippen LogP) is 2.73. The summed E-state index contributed by atoms with van der Waals surface area (Å²) in [4.78, 5) is 13.0. The van der Waals surface area contributed by atoms with Gasteiger partial charge >= 0.3 is 6.18 Å². The normalized spacial score (nSPS) is 19.2.